The zero-order valence-electron chi connectivity index (χ0n) is 19.6. The normalized spacial score (nSPS) is 46.9. The van der Waals surface area contributed by atoms with Gasteiger partial charge in [-0.3, -0.25) is 4.79 Å². The number of aldehydes is 1. The molecular formula is C28H33IO4. The second kappa shape index (κ2) is 7.16. The molecule has 6 unspecified atom stereocenters. The number of carbonyl (C=O) groups excluding carboxylic acids is 1. The van der Waals surface area contributed by atoms with Crippen molar-refractivity contribution in [1.82, 2.24) is 0 Å². The van der Waals surface area contributed by atoms with E-state index in [9.17, 15) is 14.7 Å². The molecule has 3 saturated carbocycles. The first-order valence-corrected chi connectivity index (χ1v) is 14.0. The van der Waals surface area contributed by atoms with Crippen LogP contribution in [0.5, 0.6) is 0 Å². The number of hydrogen-bond acceptors (Lipinski definition) is 3. The fourth-order valence-electron chi connectivity index (χ4n) is 9.61. The van der Waals surface area contributed by atoms with Crippen molar-refractivity contribution in [2.45, 2.75) is 58.7 Å². The summed E-state index contributed by atoms with van der Waals surface area (Å²) in [5.41, 5.74) is 0.683. The van der Waals surface area contributed by atoms with Gasteiger partial charge in [0.15, 0.2) is 0 Å². The van der Waals surface area contributed by atoms with E-state index in [0.717, 1.165) is 41.1 Å². The second-order valence-electron chi connectivity index (χ2n) is 11.7. The first kappa shape index (κ1) is 22.3. The number of benzene rings is 1. The first-order valence-electron chi connectivity index (χ1n) is 12.5. The minimum absolute atomic E-state index is 0.0288. The zero-order valence-corrected chi connectivity index (χ0v) is 21.7. The van der Waals surface area contributed by atoms with Crippen molar-refractivity contribution in [3.63, 3.8) is 0 Å². The van der Waals surface area contributed by atoms with Crippen LogP contribution in [0.25, 0.3) is 0 Å². The van der Waals surface area contributed by atoms with Crippen LogP contribution in [-0.4, -0.2) is 21.8 Å². The molecule has 1 heterocycles. The summed E-state index contributed by atoms with van der Waals surface area (Å²) >= 11 is 2.38. The van der Waals surface area contributed by atoms with Crippen LogP contribution in [0.3, 0.4) is 0 Å². The minimum Gasteiger partial charge on any atom is -0.481 e. The number of carboxylic acids is 1. The van der Waals surface area contributed by atoms with E-state index < -0.39 is 22.2 Å². The van der Waals surface area contributed by atoms with Gasteiger partial charge in [0.05, 0.1) is 17.6 Å². The molecule has 176 valence electrons. The molecule has 3 fully saturated rings. The molecule has 5 aliphatic rings. The van der Waals surface area contributed by atoms with Crippen LogP contribution in [0.15, 0.2) is 35.9 Å². The minimum atomic E-state index is -1.19. The van der Waals surface area contributed by atoms with Crippen LogP contribution in [0, 0.1) is 45.8 Å². The predicted octanol–water partition coefficient (Wildman–Crippen LogP) is 6.16. The smallest absolute Gasteiger partial charge is 0.315 e. The number of ether oxygens (including phenoxy) is 1. The third-order valence-electron chi connectivity index (χ3n) is 10.5. The van der Waals surface area contributed by atoms with Crippen molar-refractivity contribution in [2.75, 3.05) is 4.43 Å². The number of carbonyl (C=O) groups is 2. The van der Waals surface area contributed by atoms with Crippen LogP contribution in [0.4, 0.5) is 0 Å². The van der Waals surface area contributed by atoms with Crippen molar-refractivity contribution in [3.05, 3.63) is 47.0 Å². The zero-order chi connectivity index (χ0) is 23.3. The molecule has 0 spiro atoms. The number of rotatable bonds is 5. The highest BCUT2D eigenvalue weighted by Gasteiger charge is 2.86. The fourth-order valence-corrected chi connectivity index (χ4v) is 10.3. The molecule has 6 rings (SSSR count). The third kappa shape index (κ3) is 2.28. The van der Waals surface area contributed by atoms with Gasteiger partial charge >= 0.3 is 5.97 Å². The molecule has 1 aliphatic heterocycles. The largest absolute Gasteiger partial charge is 0.481 e. The molecule has 4 aliphatic carbocycles. The summed E-state index contributed by atoms with van der Waals surface area (Å²) in [4.78, 5) is 27.0. The van der Waals surface area contributed by atoms with Gasteiger partial charge in [0, 0.05) is 9.84 Å². The molecule has 1 N–H and O–H groups in total. The topological polar surface area (TPSA) is 63.6 Å². The van der Waals surface area contributed by atoms with Crippen LogP contribution in [-0.2, 0) is 14.3 Å². The third-order valence-corrected chi connectivity index (χ3v) is 11.3. The molecular weight excluding hydrogens is 527 g/mol. The molecule has 0 radical (unpaired) electrons. The highest BCUT2D eigenvalue weighted by molar-refractivity contribution is 14.1. The van der Waals surface area contributed by atoms with Crippen LogP contribution in [0.1, 0.15) is 69.8 Å². The summed E-state index contributed by atoms with van der Waals surface area (Å²) < 4.78 is 7.71. The lowest BCUT2D eigenvalue weighted by Crippen LogP contribution is -2.63. The van der Waals surface area contributed by atoms with Gasteiger partial charge in [-0.25, -0.2) is 0 Å². The van der Waals surface area contributed by atoms with Gasteiger partial charge in [-0.2, -0.15) is 0 Å². The Bertz CT molecular complexity index is 1060. The SMILES string of the molecule is CC(C)C1=CC2CC3(C=O)[C@@H]4CC[C@@H](C)[C@H]4CC2(C2OC(CI)c4ccccc42)C13C(=O)O. The number of alkyl halides is 1. The summed E-state index contributed by atoms with van der Waals surface area (Å²) in [5.74, 6) is 0.377. The number of aliphatic carboxylic acids is 1. The lowest BCUT2D eigenvalue weighted by molar-refractivity contribution is -0.201. The Morgan fingerprint density at radius 3 is 2.61 bits per heavy atom. The van der Waals surface area contributed by atoms with E-state index in [2.05, 4.69) is 73.7 Å². The molecule has 4 bridgehead atoms. The molecule has 5 heteroatoms. The van der Waals surface area contributed by atoms with E-state index in [4.69, 9.17) is 4.74 Å². The van der Waals surface area contributed by atoms with Gasteiger partial charge in [0.1, 0.15) is 11.7 Å². The highest BCUT2D eigenvalue weighted by atomic mass is 127. The van der Waals surface area contributed by atoms with E-state index in [-0.39, 0.29) is 30.0 Å². The Balaban J connectivity index is 1.66. The quantitative estimate of drug-likeness (QED) is 0.203. The number of allylic oxidation sites excluding steroid dienone is 1. The van der Waals surface area contributed by atoms with Gasteiger partial charge in [-0.1, -0.05) is 85.7 Å². The average molecular weight is 560 g/mol. The van der Waals surface area contributed by atoms with E-state index in [1.807, 2.05) is 0 Å². The number of carboxylic acid groups (broad SMARTS) is 1. The van der Waals surface area contributed by atoms with Crippen molar-refractivity contribution in [3.8, 4) is 0 Å². The molecule has 33 heavy (non-hydrogen) atoms. The van der Waals surface area contributed by atoms with Crippen LogP contribution >= 0.6 is 22.6 Å². The Labute approximate surface area is 209 Å². The highest BCUT2D eigenvalue weighted by Crippen LogP contribution is 2.86. The Morgan fingerprint density at radius 1 is 1.24 bits per heavy atom. The van der Waals surface area contributed by atoms with Crippen LogP contribution < -0.4 is 0 Å². The standard InChI is InChI=1S/C28H33IO4/c1-15(2)22-10-17-11-26(14-30)21-9-8-16(3)20(21)12-27(17,28(22,26)25(31)32)24-19-7-5-4-6-18(19)23(13-29)33-24/h4-7,10,14-17,20-21,23-24H,8-9,11-13H2,1-3H3,(H,31,32)/t16-,17?,20-,21-,23?,24?,26?,27?,28?/m1/s1. The van der Waals surface area contributed by atoms with Gasteiger partial charge in [0.25, 0.3) is 0 Å². The molecule has 0 saturated heterocycles. The molecule has 9 atom stereocenters. The predicted molar refractivity (Wildman–Crippen MR) is 134 cm³/mol. The van der Waals surface area contributed by atoms with Crippen molar-refractivity contribution in [1.29, 1.82) is 0 Å². The summed E-state index contributed by atoms with van der Waals surface area (Å²) in [5, 5.41) is 11.2. The molecule has 1 aromatic carbocycles. The molecule has 1 aromatic rings. The van der Waals surface area contributed by atoms with E-state index >= 15 is 0 Å². The maximum Gasteiger partial charge on any atom is 0.315 e. The van der Waals surface area contributed by atoms with Crippen LogP contribution in [0.2, 0.25) is 0 Å². The van der Waals surface area contributed by atoms with Gasteiger partial charge < -0.3 is 14.6 Å². The number of halogens is 1. The average Bonchev–Trinajstić information content (AvgIpc) is 3.49. The van der Waals surface area contributed by atoms with E-state index in [0.29, 0.717) is 18.3 Å². The summed E-state index contributed by atoms with van der Waals surface area (Å²) in [7, 11) is 0. The van der Waals surface area contributed by atoms with E-state index in [1.165, 1.54) is 5.56 Å². The van der Waals surface area contributed by atoms with Crippen molar-refractivity contribution < 1.29 is 19.4 Å². The lowest BCUT2D eigenvalue weighted by Gasteiger charge is -2.60. The Morgan fingerprint density at radius 2 is 1.97 bits per heavy atom. The van der Waals surface area contributed by atoms with Gasteiger partial charge in [-0.15, -0.1) is 0 Å². The summed E-state index contributed by atoms with van der Waals surface area (Å²) in [6.07, 6.45) is 6.60. The number of hydrogen-bond donors (Lipinski definition) is 1. The fraction of sp³-hybridized carbons (Fsp3) is 0.643. The molecule has 0 amide bonds. The Hall–Kier alpha value is -1.21. The molecule has 0 aromatic heterocycles. The lowest BCUT2D eigenvalue weighted by atomic mass is 9.41. The summed E-state index contributed by atoms with van der Waals surface area (Å²) in [6, 6.07) is 8.41. The summed E-state index contributed by atoms with van der Waals surface area (Å²) in [6.45, 7) is 6.51. The van der Waals surface area contributed by atoms with Gasteiger partial charge in [-0.05, 0) is 60.0 Å². The monoisotopic (exact) mass is 560 g/mol. The first-order chi connectivity index (χ1) is 15.8. The van der Waals surface area contributed by atoms with E-state index in [1.54, 1.807) is 0 Å². The van der Waals surface area contributed by atoms with Crippen molar-refractivity contribution >= 4 is 34.8 Å². The molecule has 4 nitrogen and oxygen atoms in total. The van der Waals surface area contributed by atoms with Crippen molar-refractivity contribution in [2.24, 2.45) is 45.8 Å². The maximum absolute atomic E-state index is 13.7. The van der Waals surface area contributed by atoms with Gasteiger partial charge in [0.2, 0.25) is 0 Å². The Kier molecular flexibility index (Phi) is 4.83. The number of fused-ring (bicyclic) bond motifs is 3. The maximum atomic E-state index is 13.7. The second-order valence-corrected chi connectivity index (χ2v) is 12.5.